The van der Waals surface area contributed by atoms with Crippen molar-refractivity contribution in [3.8, 4) is 5.75 Å². The van der Waals surface area contributed by atoms with Gasteiger partial charge in [0, 0.05) is 16.6 Å². The van der Waals surface area contributed by atoms with Crippen LogP contribution in [0.4, 0.5) is 0 Å². The number of aryl methyl sites for hydroxylation is 1. The van der Waals surface area contributed by atoms with Gasteiger partial charge in [0.05, 0.1) is 11.6 Å². The van der Waals surface area contributed by atoms with Crippen LogP contribution in [0, 0.1) is 6.92 Å². The first kappa shape index (κ1) is 24.7. The smallest absolute Gasteiger partial charge is 0.295 e. The molecule has 0 aromatic heterocycles. The van der Waals surface area contributed by atoms with Gasteiger partial charge in [-0.15, -0.1) is 0 Å². The molecule has 0 saturated carbocycles. The Morgan fingerprint density at radius 1 is 1.21 bits per heavy atom. The number of rotatable bonds is 9. The van der Waals surface area contributed by atoms with E-state index in [-0.39, 0.29) is 11.3 Å². The zero-order valence-electron chi connectivity index (χ0n) is 19.2. The first-order chi connectivity index (χ1) is 15.7. The number of carbonyl (C=O) groups is 2. The summed E-state index contributed by atoms with van der Waals surface area (Å²) in [5.41, 5.74) is 2.11. The Morgan fingerprint density at radius 3 is 2.52 bits per heavy atom. The van der Waals surface area contributed by atoms with Crippen molar-refractivity contribution in [1.29, 1.82) is 0 Å². The minimum absolute atomic E-state index is 0.107. The van der Waals surface area contributed by atoms with E-state index < -0.39 is 17.7 Å². The number of amides is 1. The number of likely N-dealkylation sites (tertiary alicyclic amines) is 1. The first-order valence-corrected chi connectivity index (χ1v) is 11.6. The Hall–Kier alpha value is -2.90. The quantitative estimate of drug-likeness (QED) is 0.228. The molecule has 3 rings (SSSR count). The standard InChI is InChI=1S/C26H29BrN2O4/c1-5-15-33-20-11-12-21(17(2)16-20)24(30)22-23(18-7-9-19(27)10-8-18)29(26(32)25(22)31)14-6-13-28(3)4/h5,7-12,16,23,30H,1,6,13-15H2,2-4H3. The van der Waals surface area contributed by atoms with Gasteiger partial charge < -0.3 is 19.6 Å². The second kappa shape index (κ2) is 10.8. The zero-order valence-corrected chi connectivity index (χ0v) is 20.8. The first-order valence-electron chi connectivity index (χ1n) is 10.8. The summed E-state index contributed by atoms with van der Waals surface area (Å²) < 4.78 is 6.45. The van der Waals surface area contributed by atoms with Gasteiger partial charge in [-0.1, -0.05) is 40.7 Å². The lowest BCUT2D eigenvalue weighted by atomic mass is 9.94. The second-order valence-corrected chi connectivity index (χ2v) is 9.19. The summed E-state index contributed by atoms with van der Waals surface area (Å²) in [6, 6.07) is 12.0. The largest absolute Gasteiger partial charge is 0.507 e. The summed E-state index contributed by atoms with van der Waals surface area (Å²) in [7, 11) is 3.93. The highest BCUT2D eigenvalue weighted by Crippen LogP contribution is 2.40. The molecule has 1 aliphatic rings. The summed E-state index contributed by atoms with van der Waals surface area (Å²) >= 11 is 3.43. The monoisotopic (exact) mass is 512 g/mol. The molecule has 1 atom stereocenters. The van der Waals surface area contributed by atoms with E-state index in [1.807, 2.05) is 50.2 Å². The molecule has 2 aromatic rings. The molecule has 0 spiro atoms. The SMILES string of the molecule is C=CCOc1ccc(C(O)=C2C(=O)C(=O)N(CCCN(C)C)C2c2ccc(Br)cc2)c(C)c1. The van der Waals surface area contributed by atoms with Crippen molar-refractivity contribution >= 4 is 33.4 Å². The van der Waals surface area contributed by atoms with Gasteiger partial charge in [-0.3, -0.25) is 9.59 Å². The van der Waals surface area contributed by atoms with E-state index in [4.69, 9.17) is 4.74 Å². The predicted molar refractivity (Wildman–Crippen MR) is 133 cm³/mol. The van der Waals surface area contributed by atoms with Gasteiger partial charge in [0.1, 0.15) is 18.1 Å². The Balaban J connectivity index is 2.07. The number of ketones is 1. The summed E-state index contributed by atoms with van der Waals surface area (Å²) in [5, 5.41) is 11.3. The third-order valence-corrected chi connectivity index (χ3v) is 6.08. The van der Waals surface area contributed by atoms with Gasteiger partial charge in [0.25, 0.3) is 11.7 Å². The van der Waals surface area contributed by atoms with E-state index in [9.17, 15) is 14.7 Å². The van der Waals surface area contributed by atoms with E-state index in [0.29, 0.717) is 30.9 Å². The number of aliphatic hydroxyl groups is 1. The van der Waals surface area contributed by atoms with Crippen molar-refractivity contribution in [2.75, 3.05) is 33.8 Å². The van der Waals surface area contributed by atoms with Crippen LogP contribution in [0.1, 0.15) is 29.2 Å². The van der Waals surface area contributed by atoms with Crippen molar-refractivity contribution in [2.24, 2.45) is 0 Å². The van der Waals surface area contributed by atoms with Crippen molar-refractivity contribution in [3.05, 3.63) is 81.9 Å². The molecular weight excluding hydrogens is 484 g/mol. The predicted octanol–water partition coefficient (Wildman–Crippen LogP) is 4.70. The number of halogens is 1. The lowest BCUT2D eigenvalue weighted by Gasteiger charge is -2.26. The summed E-state index contributed by atoms with van der Waals surface area (Å²) in [5.74, 6) is -0.801. The van der Waals surface area contributed by atoms with Gasteiger partial charge in [-0.05, 0) is 75.4 Å². The zero-order chi connectivity index (χ0) is 24.1. The Labute approximate surface area is 203 Å². The molecule has 33 heavy (non-hydrogen) atoms. The second-order valence-electron chi connectivity index (χ2n) is 8.28. The van der Waals surface area contributed by atoms with Crippen LogP contribution in [0.3, 0.4) is 0 Å². The number of hydrogen-bond donors (Lipinski definition) is 1. The molecule has 2 aromatic carbocycles. The maximum atomic E-state index is 13.1. The minimum atomic E-state index is -0.670. The summed E-state index contributed by atoms with van der Waals surface area (Å²) in [4.78, 5) is 29.7. The highest BCUT2D eigenvalue weighted by Gasteiger charge is 2.45. The summed E-state index contributed by atoms with van der Waals surface area (Å²) in [6.07, 6.45) is 2.36. The van der Waals surface area contributed by atoms with Crippen molar-refractivity contribution in [2.45, 2.75) is 19.4 Å². The molecule has 1 fully saturated rings. The van der Waals surface area contributed by atoms with Gasteiger partial charge in [-0.2, -0.15) is 0 Å². The normalized spacial score (nSPS) is 17.6. The van der Waals surface area contributed by atoms with Crippen LogP contribution in [0.5, 0.6) is 5.75 Å². The lowest BCUT2D eigenvalue weighted by molar-refractivity contribution is -0.139. The Bertz CT molecular complexity index is 1080. The van der Waals surface area contributed by atoms with Gasteiger partial charge in [0.15, 0.2) is 0 Å². The average molecular weight is 513 g/mol. The molecule has 6 nitrogen and oxygen atoms in total. The summed E-state index contributed by atoms with van der Waals surface area (Å²) in [6.45, 7) is 7.03. The maximum Gasteiger partial charge on any atom is 0.295 e. The molecule has 0 radical (unpaired) electrons. The Morgan fingerprint density at radius 2 is 1.91 bits per heavy atom. The molecule has 1 heterocycles. The molecule has 174 valence electrons. The van der Waals surface area contributed by atoms with Gasteiger partial charge in [-0.25, -0.2) is 0 Å². The third kappa shape index (κ3) is 5.54. The van der Waals surface area contributed by atoms with Crippen molar-refractivity contribution in [1.82, 2.24) is 9.80 Å². The fourth-order valence-electron chi connectivity index (χ4n) is 3.95. The molecule has 1 amide bonds. The highest BCUT2D eigenvalue weighted by molar-refractivity contribution is 9.10. The molecule has 0 aliphatic carbocycles. The number of benzene rings is 2. The van der Waals surface area contributed by atoms with Gasteiger partial charge in [0.2, 0.25) is 0 Å². The molecule has 1 N–H and O–H groups in total. The lowest BCUT2D eigenvalue weighted by Crippen LogP contribution is -2.32. The Kier molecular flexibility index (Phi) is 8.10. The molecule has 0 bridgehead atoms. The van der Waals surface area contributed by atoms with Crippen molar-refractivity contribution < 1.29 is 19.4 Å². The van der Waals surface area contributed by atoms with Crippen LogP contribution >= 0.6 is 15.9 Å². The number of aliphatic hydroxyl groups excluding tert-OH is 1. The number of carbonyl (C=O) groups excluding carboxylic acids is 2. The van der Waals surface area contributed by atoms with Gasteiger partial charge >= 0.3 is 0 Å². The van der Waals surface area contributed by atoms with Crippen LogP contribution in [0.2, 0.25) is 0 Å². The van der Waals surface area contributed by atoms with E-state index in [0.717, 1.165) is 22.1 Å². The molecule has 7 heteroatoms. The average Bonchev–Trinajstić information content (AvgIpc) is 3.02. The van der Waals surface area contributed by atoms with E-state index in [1.165, 1.54) is 0 Å². The number of hydrogen-bond acceptors (Lipinski definition) is 5. The maximum absolute atomic E-state index is 13.1. The van der Waals surface area contributed by atoms with Crippen LogP contribution in [-0.4, -0.2) is 60.4 Å². The third-order valence-electron chi connectivity index (χ3n) is 5.55. The fourth-order valence-corrected chi connectivity index (χ4v) is 4.22. The molecule has 1 saturated heterocycles. The number of ether oxygens (including phenoxy) is 1. The van der Waals surface area contributed by atoms with E-state index >= 15 is 0 Å². The van der Waals surface area contributed by atoms with Crippen LogP contribution < -0.4 is 4.74 Å². The minimum Gasteiger partial charge on any atom is -0.507 e. The van der Waals surface area contributed by atoms with E-state index in [1.54, 1.807) is 29.2 Å². The molecule has 1 aliphatic heterocycles. The highest BCUT2D eigenvalue weighted by atomic mass is 79.9. The topological polar surface area (TPSA) is 70.1 Å². The van der Waals surface area contributed by atoms with E-state index in [2.05, 4.69) is 22.5 Å². The van der Waals surface area contributed by atoms with Crippen molar-refractivity contribution in [3.63, 3.8) is 0 Å². The molecular formula is C26H29BrN2O4. The molecule has 1 unspecified atom stereocenters. The van der Waals surface area contributed by atoms with Crippen LogP contribution in [0.25, 0.3) is 5.76 Å². The van der Waals surface area contributed by atoms with Crippen LogP contribution in [-0.2, 0) is 9.59 Å². The van der Waals surface area contributed by atoms with Crippen LogP contribution in [0.15, 0.2) is 65.2 Å². The number of nitrogens with zero attached hydrogens (tertiary/aromatic N) is 2. The number of Topliss-reactive ketones (excluding diaryl/α,β-unsaturated/α-hetero) is 1. The fraction of sp³-hybridized carbons (Fsp3) is 0.308.